The second-order valence-electron chi connectivity index (χ2n) is 5.85. The number of rotatable bonds is 7. The van der Waals surface area contributed by atoms with E-state index in [1.165, 1.54) is 0 Å². The van der Waals surface area contributed by atoms with E-state index in [9.17, 15) is 14.4 Å². The van der Waals surface area contributed by atoms with Gasteiger partial charge in [-0.25, -0.2) is 0 Å². The summed E-state index contributed by atoms with van der Waals surface area (Å²) in [6.45, 7) is -0.701. The van der Waals surface area contributed by atoms with Crippen molar-refractivity contribution < 1.29 is 23.9 Å². The number of carbonyl (C=O) groups is 3. The van der Waals surface area contributed by atoms with Crippen molar-refractivity contribution in [1.82, 2.24) is 10.9 Å². The molecule has 136 valence electrons. The van der Waals surface area contributed by atoms with Gasteiger partial charge in [0.25, 0.3) is 11.8 Å². The van der Waals surface area contributed by atoms with Gasteiger partial charge in [-0.15, -0.1) is 0 Å². The highest BCUT2D eigenvalue weighted by Crippen LogP contribution is 2.27. The van der Waals surface area contributed by atoms with Crippen LogP contribution in [0.5, 0.6) is 5.75 Å². The third-order valence-corrected chi connectivity index (χ3v) is 4.07. The van der Waals surface area contributed by atoms with Crippen LogP contribution in [0.15, 0.2) is 24.3 Å². The zero-order valence-electron chi connectivity index (χ0n) is 13.8. The molecular weight excluding hydrogens is 348 g/mol. The van der Waals surface area contributed by atoms with E-state index in [4.69, 9.17) is 21.1 Å². The fourth-order valence-corrected chi connectivity index (χ4v) is 2.67. The quantitative estimate of drug-likeness (QED) is 0.567. The van der Waals surface area contributed by atoms with Gasteiger partial charge in [0.15, 0.2) is 13.2 Å². The van der Waals surface area contributed by atoms with Crippen molar-refractivity contribution in [3.05, 3.63) is 29.3 Å². The minimum absolute atomic E-state index is 0.274. The first-order valence-corrected chi connectivity index (χ1v) is 8.52. The van der Waals surface area contributed by atoms with Gasteiger partial charge >= 0.3 is 5.97 Å². The van der Waals surface area contributed by atoms with Crippen molar-refractivity contribution in [1.29, 1.82) is 0 Å². The number of carbonyl (C=O) groups excluding carboxylic acids is 3. The molecule has 7 nitrogen and oxygen atoms in total. The second-order valence-corrected chi connectivity index (χ2v) is 6.29. The molecule has 1 fully saturated rings. The Bertz CT molecular complexity index is 600. The molecule has 0 aromatic heterocycles. The van der Waals surface area contributed by atoms with Crippen LogP contribution in [-0.2, 0) is 19.1 Å². The van der Waals surface area contributed by atoms with Gasteiger partial charge in [0.2, 0.25) is 0 Å². The third kappa shape index (κ3) is 7.43. The molecule has 0 radical (unpaired) electrons. The maximum atomic E-state index is 11.6. The zero-order valence-corrected chi connectivity index (χ0v) is 14.5. The number of hydrogen-bond donors (Lipinski definition) is 2. The Morgan fingerprint density at radius 1 is 1.00 bits per heavy atom. The Kier molecular flexibility index (Phi) is 7.53. The van der Waals surface area contributed by atoms with Crippen molar-refractivity contribution in [2.24, 2.45) is 5.92 Å². The molecule has 2 N–H and O–H groups in total. The Morgan fingerprint density at radius 2 is 1.60 bits per heavy atom. The zero-order chi connectivity index (χ0) is 18.1. The molecule has 8 heteroatoms. The molecule has 0 saturated heterocycles. The number of ether oxygens (including phenoxy) is 2. The molecule has 1 aliphatic rings. The highest BCUT2D eigenvalue weighted by molar-refractivity contribution is 6.30. The predicted molar refractivity (Wildman–Crippen MR) is 90.8 cm³/mol. The topological polar surface area (TPSA) is 93.7 Å². The molecule has 0 bridgehead atoms. The first-order valence-electron chi connectivity index (χ1n) is 8.14. The summed E-state index contributed by atoms with van der Waals surface area (Å²) in [7, 11) is 0. The Labute approximate surface area is 151 Å². The summed E-state index contributed by atoms with van der Waals surface area (Å²) in [6.07, 6.45) is 4.69. The minimum atomic E-state index is -0.611. The van der Waals surface area contributed by atoms with Gasteiger partial charge in [0.1, 0.15) is 5.75 Å². The minimum Gasteiger partial charge on any atom is -0.484 e. The molecule has 0 atom stereocenters. The molecule has 0 aliphatic heterocycles. The summed E-state index contributed by atoms with van der Waals surface area (Å²) in [6, 6.07) is 6.52. The maximum Gasteiger partial charge on any atom is 0.306 e. The van der Waals surface area contributed by atoms with E-state index in [1.54, 1.807) is 24.3 Å². The van der Waals surface area contributed by atoms with E-state index in [1.807, 2.05) is 0 Å². The lowest BCUT2D eigenvalue weighted by Crippen LogP contribution is -2.45. The molecule has 0 heterocycles. The molecule has 25 heavy (non-hydrogen) atoms. The molecule has 0 spiro atoms. The van der Waals surface area contributed by atoms with Gasteiger partial charge in [-0.05, 0) is 43.0 Å². The van der Waals surface area contributed by atoms with Gasteiger partial charge in [-0.1, -0.05) is 24.4 Å². The van der Waals surface area contributed by atoms with Crippen molar-refractivity contribution in [3.8, 4) is 5.75 Å². The van der Waals surface area contributed by atoms with Crippen LogP contribution in [-0.4, -0.2) is 31.0 Å². The van der Waals surface area contributed by atoms with E-state index >= 15 is 0 Å². The lowest BCUT2D eigenvalue weighted by molar-refractivity contribution is -0.149. The van der Waals surface area contributed by atoms with Crippen LogP contribution >= 0.6 is 11.6 Å². The highest BCUT2D eigenvalue weighted by atomic mass is 35.5. The molecule has 1 aromatic carbocycles. The largest absolute Gasteiger partial charge is 0.484 e. The van der Waals surface area contributed by atoms with E-state index in [-0.39, 0.29) is 12.6 Å². The monoisotopic (exact) mass is 368 g/mol. The molecule has 2 rings (SSSR count). The summed E-state index contributed by atoms with van der Waals surface area (Å²) in [5.41, 5.74) is 4.34. The number of hydrogen-bond acceptors (Lipinski definition) is 5. The summed E-state index contributed by atoms with van der Waals surface area (Å²) in [5.74, 6) is -0.702. The lowest BCUT2D eigenvalue weighted by atomic mass is 10.1. The van der Waals surface area contributed by atoms with Gasteiger partial charge in [0, 0.05) is 11.4 Å². The van der Waals surface area contributed by atoms with E-state index in [0.29, 0.717) is 23.1 Å². The molecule has 1 aliphatic carbocycles. The van der Waals surface area contributed by atoms with Gasteiger partial charge in [-0.3, -0.25) is 25.2 Å². The molecule has 2 amide bonds. The fraction of sp³-hybridized carbons (Fsp3) is 0.471. The lowest BCUT2D eigenvalue weighted by Gasteiger charge is -2.10. The average molecular weight is 369 g/mol. The van der Waals surface area contributed by atoms with Gasteiger partial charge in [0.05, 0.1) is 0 Å². The van der Waals surface area contributed by atoms with Crippen molar-refractivity contribution in [3.63, 3.8) is 0 Å². The summed E-state index contributed by atoms with van der Waals surface area (Å²) >= 11 is 5.74. The number of halogens is 1. The normalized spacial score (nSPS) is 14.0. The predicted octanol–water partition coefficient (Wildman–Crippen LogP) is 1.99. The fourth-order valence-electron chi connectivity index (χ4n) is 2.55. The number of nitrogens with one attached hydrogen (secondary N) is 2. The van der Waals surface area contributed by atoms with Crippen molar-refractivity contribution >= 4 is 29.4 Å². The maximum absolute atomic E-state index is 11.6. The first kappa shape index (κ1) is 19.1. The average Bonchev–Trinajstić information content (AvgIpc) is 3.10. The first-order chi connectivity index (χ1) is 12.0. The smallest absolute Gasteiger partial charge is 0.306 e. The van der Waals surface area contributed by atoms with Gasteiger partial charge < -0.3 is 9.47 Å². The highest BCUT2D eigenvalue weighted by Gasteiger charge is 2.19. The van der Waals surface area contributed by atoms with Crippen LogP contribution in [0.25, 0.3) is 0 Å². The molecular formula is C17H21ClN2O5. The SMILES string of the molecule is O=C(COC(=O)CC1CCCC1)NNC(=O)COc1ccc(Cl)cc1. The summed E-state index contributed by atoms with van der Waals surface area (Å²) < 4.78 is 10.1. The Hall–Kier alpha value is -2.28. The Morgan fingerprint density at radius 3 is 2.24 bits per heavy atom. The number of esters is 1. The van der Waals surface area contributed by atoms with E-state index in [0.717, 1.165) is 25.7 Å². The van der Waals surface area contributed by atoms with Crippen LogP contribution in [0.2, 0.25) is 5.02 Å². The molecule has 1 saturated carbocycles. The number of benzene rings is 1. The van der Waals surface area contributed by atoms with Crippen LogP contribution < -0.4 is 15.6 Å². The molecule has 1 aromatic rings. The van der Waals surface area contributed by atoms with Crippen molar-refractivity contribution in [2.75, 3.05) is 13.2 Å². The summed E-state index contributed by atoms with van der Waals surface area (Å²) in [4.78, 5) is 34.7. The second kappa shape index (κ2) is 9.88. The van der Waals surface area contributed by atoms with Crippen LogP contribution in [0.3, 0.4) is 0 Å². The van der Waals surface area contributed by atoms with E-state index < -0.39 is 18.4 Å². The van der Waals surface area contributed by atoms with E-state index in [2.05, 4.69) is 10.9 Å². The van der Waals surface area contributed by atoms with Crippen LogP contribution in [0.1, 0.15) is 32.1 Å². The Balaban J connectivity index is 1.56. The number of amides is 2. The van der Waals surface area contributed by atoms with Crippen LogP contribution in [0, 0.1) is 5.92 Å². The van der Waals surface area contributed by atoms with Crippen LogP contribution in [0.4, 0.5) is 0 Å². The third-order valence-electron chi connectivity index (χ3n) is 3.82. The van der Waals surface area contributed by atoms with Crippen molar-refractivity contribution in [2.45, 2.75) is 32.1 Å². The standard InChI is InChI=1S/C17H21ClN2O5/c18-13-5-7-14(8-6-13)24-10-15(21)19-20-16(22)11-25-17(23)9-12-3-1-2-4-12/h5-8,12H,1-4,9-11H2,(H,19,21)(H,20,22). The summed E-state index contributed by atoms with van der Waals surface area (Å²) in [5, 5.41) is 0.562. The number of hydrazine groups is 1. The van der Waals surface area contributed by atoms with Gasteiger partial charge in [-0.2, -0.15) is 0 Å². The molecule has 0 unspecified atom stereocenters.